The number of piperidine rings is 1. The van der Waals surface area contributed by atoms with Crippen molar-refractivity contribution in [2.45, 2.75) is 19.4 Å². The van der Waals surface area contributed by atoms with Crippen molar-refractivity contribution >= 4 is 22.8 Å². The third-order valence-corrected chi connectivity index (χ3v) is 4.11. The zero-order chi connectivity index (χ0) is 14.8. The predicted molar refractivity (Wildman–Crippen MR) is 78.9 cm³/mol. The van der Waals surface area contributed by atoms with Gasteiger partial charge in [0.05, 0.1) is 5.92 Å². The number of aliphatic carboxylic acids is 1. The van der Waals surface area contributed by atoms with E-state index >= 15 is 0 Å². The molecule has 21 heavy (non-hydrogen) atoms. The first kappa shape index (κ1) is 13.7. The minimum Gasteiger partial charge on any atom is -0.481 e. The second-order valence-electron chi connectivity index (χ2n) is 5.52. The molecule has 1 saturated heterocycles. The van der Waals surface area contributed by atoms with Gasteiger partial charge in [-0.05, 0) is 30.4 Å². The van der Waals surface area contributed by atoms with E-state index < -0.39 is 11.9 Å². The highest BCUT2D eigenvalue weighted by Crippen LogP contribution is 2.19. The van der Waals surface area contributed by atoms with Crippen LogP contribution < -0.4 is 0 Å². The van der Waals surface area contributed by atoms with Crippen molar-refractivity contribution in [1.82, 2.24) is 9.47 Å². The van der Waals surface area contributed by atoms with Gasteiger partial charge in [-0.25, -0.2) is 0 Å². The van der Waals surface area contributed by atoms with Gasteiger partial charge in [-0.15, -0.1) is 0 Å². The maximum Gasteiger partial charge on any atom is 0.308 e. The van der Waals surface area contributed by atoms with E-state index in [0.717, 1.165) is 17.3 Å². The smallest absolute Gasteiger partial charge is 0.308 e. The third-order valence-electron chi connectivity index (χ3n) is 4.11. The van der Waals surface area contributed by atoms with Crippen LogP contribution in [0.15, 0.2) is 36.5 Å². The summed E-state index contributed by atoms with van der Waals surface area (Å²) in [5, 5.41) is 10.2. The molecule has 1 atom stereocenters. The quantitative estimate of drug-likeness (QED) is 0.938. The molecule has 1 fully saturated rings. The first-order valence-corrected chi connectivity index (χ1v) is 7.19. The second kappa shape index (κ2) is 5.60. The maximum atomic E-state index is 12.4. The average Bonchev–Trinajstić information content (AvgIpc) is 2.91. The molecule has 2 heterocycles. The number of aromatic nitrogens is 1. The Morgan fingerprint density at radius 2 is 2.05 bits per heavy atom. The Morgan fingerprint density at radius 3 is 2.86 bits per heavy atom. The Balaban J connectivity index is 1.72. The highest BCUT2D eigenvalue weighted by Gasteiger charge is 2.28. The summed E-state index contributed by atoms with van der Waals surface area (Å²) >= 11 is 0. The Kier molecular flexibility index (Phi) is 3.64. The number of rotatable bonds is 3. The van der Waals surface area contributed by atoms with Gasteiger partial charge in [-0.1, -0.05) is 18.2 Å². The number of carbonyl (C=O) groups excluding carboxylic acids is 1. The molecule has 0 spiro atoms. The van der Waals surface area contributed by atoms with Crippen LogP contribution in [0.4, 0.5) is 0 Å². The van der Waals surface area contributed by atoms with Gasteiger partial charge in [0.25, 0.3) is 0 Å². The van der Waals surface area contributed by atoms with E-state index in [1.807, 2.05) is 41.1 Å². The molecule has 1 amide bonds. The molecule has 1 aromatic heterocycles. The number of benzene rings is 1. The number of amides is 1. The number of hydrogen-bond donors (Lipinski definition) is 1. The molecule has 0 aliphatic carbocycles. The van der Waals surface area contributed by atoms with E-state index in [1.54, 1.807) is 4.90 Å². The lowest BCUT2D eigenvalue weighted by atomic mass is 9.98. The number of fused-ring (bicyclic) bond motifs is 1. The highest BCUT2D eigenvalue weighted by molar-refractivity contribution is 5.83. The zero-order valence-electron chi connectivity index (χ0n) is 11.7. The van der Waals surface area contributed by atoms with Crippen LogP contribution in [-0.2, 0) is 16.1 Å². The molecular formula is C16H18N2O3. The van der Waals surface area contributed by atoms with Gasteiger partial charge < -0.3 is 14.6 Å². The molecule has 110 valence electrons. The van der Waals surface area contributed by atoms with Crippen LogP contribution >= 0.6 is 0 Å². The number of carbonyl (C=O) groups is 2. The van der Waals surface area contributed by atoms with Gasteiger partial charge in [0.1, 0.15) is 6.54 Å². The summed E-state index contributed by atoms with van der Waals surface area (Å²) in [6.07, 6.45) is 3.32. The number of carboxylic acids is 1. The predicted octanol–water partition coefficient (Wildman–Crippen LogP) is 1.96. The van der Waals surface area contributed by atoms with Crippen molar-refractivity contribution in [3.8, 4) is 0 Å². The summed E-state index contributed by atoms with van der Waals surface area (Å²) in [7, 11) is 0. The minimum atomic E-state index is -0.807. The Bertz CT molecular complexity index is 677. The Labute approximate surface area is 122 Å². The van der Waals surface area contributed by atoms with Gasteiger partial charge in [-0.3, -0.25) is 9.59 Å². The molecule has 5 heteroatoms. The van der Waals surface area contributed by atoms with Gasteiger partial charge in [0, 0.05) is 24.8 Å². The Morgan fingerprint density at radius 1 is 1.24 bits per heavy atom. The summed E-state index contributed by atoms with van der Waals surface area (Å²) < 4.78 is 1.92. The van der Waals surface area contributed by atoms with Crippen LogP contribution in [0, 0.1) is 5.92 Å². The lowest BCUT2D eigenvalue weighted by Gasteiger charge is -2.30. The van der Waals surface area contributed by atoms with Crippen LogP contribution in [0.1, 0.15) is 12.8 Å². The molecule has 1 N–H and O–H groups in total. The topological polar surface area (TPSA) is 62.5 Å². The Hall–Kier alpha value is -2.30. The first-order chi connectivity index (χ1) is 10.1. The summed E-state index contributed by atoms with van der Waals surface area (Å²) in [6.45, 7) is 1.25. The van der Waals surface area contributed by atoms with E-state index in [1.165, 1.54) is 0 Å². The summed E-state index contributed by atoms with van der Waals surface area (Å²) in [5.74, 6) is -1.25. The van der Waals surface area contributed by atoms with E-state index in [2.05, 4.69) is 0 Å². The van der Waals surface area contributed by atoms with Crippen molar-refractivity contribution in [2.24, 2.45) is 5.92 Å². The second-order valence-corrected chi connectivity index (χ2v) is 5.52. The molecule has 5 nitrogen and oxygen atoms in total. The highest BCUT2D eigenvalue weighted by atomic mass is 16.4. The van der Waals surface area contributed by atoms with Crippen molar-refractivity contribution in [3.63, 3.8) is 0 Å². The minimum absolute atomic E-state index is 0.0118. The summed E-state index contributed by atoms with van der Waals surface area (Å²) in [6, 6.07) is 9.90. The largest absolute Gasteiger partial charge is 0.481 e. The molecule has 1 aromatic carbocycles. The van der Waals surface area contributed by atoms with E-state index in [0.29, 0.717) is 19.5 Å². The molecule has 3 rings (SSSR count). The van der Waals surface area contributed by atoms with E-state index in [4.69, 9.17) is 5.11 Å². The zero-order valence-corrected chi connectivity index (χ0v) is 11.7. The van der Waals surface area contributed by atoms with Gasteiger partial charge in [0.2, 0.25) is 5.91 Å². The molecule has 1 aliphatic heterocycles. The normalized spacial score (nSPS) is 18.9. The summed E-state index contributed by atoms with van der Waals surface area (Å²) in [5.41, 5.74) is 1.03. The molecule has 2 aromatic rings. The fourth-order valence-corrected chi connectivity index (χ4v) is 2.93. The fraction of sp³-hybridized carbons (Fsp3) is 0.375. The van der Waals surface area contributed by atoms with E-state index in [9.17, 15) is 9.59 Å². The van der Waals surface area contributed by atoms with Crippen LogP contribution in [0.2, 0.25) is 0 Å². The molecular weight excluding hydrogens is 268 g/mol. The summed E-state index contributed by atoms with van der Waals surface area (Å²) in [4.78, 5) is 25.1. The monoisotopic (exact) mass is 286 g/mol. The SMILES string of the molecule is O=C(O)[C@@H]1CCCN(C(=O)Cn2ccc3ccccc32)C1. The van der Waals surface area contributed by atoms with Crippen LogP contribution in [0.25, 0.3) is 10.9 Å². The van der Waals surface area contributed by atoms with Crippen molar-refractivity contribution in [1.29, 1.82) is 0 Å². The van der Waals surface area contributed by atoms with Gasteiger partial charge >= 0.3 is 5.97 Å². The number of para-hydroxylation sites is 1. The van der Waals surface area contributed by atoms with Crippen LogP contribution in [-0.4, -0.2) is 39.5 Å². The fourth-order valence-electron chi connectivity index (χ4n) is 2.93. The molecule has 0 bridgehead atoms. The van der Waals surface area contributed by atoms with E-state index in [-0.39, 0.29) is 12.5 Å². The number of carboxylic acid groups (broad SMARTS) is 1. The number of hydrogen-bond acceptors (Lipinski definition) is 2. The van der Waals surface area contributed by atoms with Gasteiger partial charge in [0.15, 0.2) is 0 Å². The molecule has 1 aliphatic rings. The van der Waals surface area contributed by atoms with Crippen molar-refractivity contribution in [3.05, 3.63) is 36.5 Å². The van der Waals surface area contributed by atoms with Crippen LogP contribution in [0.5, 0.6) is 0 Å². The van der Waals surface area contributed by atoms with Crippen molar-refractivity contribution < 1.29 is 14.7 Å². The van der Waals surface area contributed by atoms with Crippen molar-refractivity contribution in [2.75, 3.05) is 13.1 Å². The number of nitrogens with zero attached hydrogens (tertiary/aromatic N) is 2. The molecule has 0 unspecified atom stereocenters. The molecule has 0 saturated carbocycles. The lowest BCUT2D eigenvalue weighted by Crippen LogP contribution is -2.43. The number of likely N-dealkylation sites (tertiary alicyclic amines) is 1. The van der Waals surface area contributed by atoms with Gasteiger partial charge in [-0.2, -0.15) is 0 Å². The maximum absolute atomic E-state index is 12.4. The molecule has 0 radical (unpaired) electrons. The average molecular weight is 286 g/mol. The first-order valence-electron chi connectivity index (χ1n) is 7.19. The third kappa shape index (κ3) is 2.77. The lowest BCUT2D eigenvalue weighted by molar-refractivity contribution is -0.145. The van der Waals surface area contributed by atoms with Crippen LogP contribution in [0.3, 0.4) is 0 Å². The standard InChI is InChI=1S/C16H18N2O3/c19-15(18-8-3-5-13(10-18)16(20)21)11-17-9-7-12-4-1-2-6-14(12)17/h1-2,4,6-7,9,13H,3,5,8,10-11H2,(H,20,21)/t13-/m1/s1.